The van der Waals surface area contributed by atoms with E-state index in [2.05, 4.69) is 22.6 Å². The molecule has 1 aliphatic heterocycles. The van der Waals surface area contributed by atoms with Crippen LogP contribution in [0.5, 0.6) is 0 Å². The Labute approximate surface area is 117 Å². The van der Waals surface area contributed by atoms with Gasteiger partial charge < -0.3 is 10.6 Å². The number of anilines is 1. The second kappa shape index (κ2) is 4.81. The highest BCUT2D eigenvalue weighted by Gasteiger charge is 2.33. The molecule has 1 fully saturated rings. The molecule has 2 amide bonds. The van der Waals surface area contributed by atoms with Gasteiger partial charge in [0.1, 0.15) is 0 Å². The molecule has 1 aromatic carbocycles. The molecule has 1 heterocycles. The molecule has 0 bridgehead atoms. The third-order valence-electron chi connectivity index (χ3n) is 2.74. The fraction of sp³-hybridized carbons (Fsp3) is 0.273. The average molecular weight is 365 g/mol. The molecule has 17 heavy (non-hydrogen) atoms. The van der Waals surface area contributed by atoms with Gasteiger partial charge in [-0.05, 0) is 40.8 Å². The lowest BCUT2D eigenvalue weighted by molar-refractivity contribution is -0.123. The number of rotatable bonds is 2. The lowest BCUT2D eigenvalue weighted by Gasteiger charge is -2.16. The molecule has 2 N–H and O–H groups in total. The first kappa shape index (κ1) is 12.6. The number of amides is 2. The first-order valence-corrected chi connectivity index (χ1v) is 6.49. The van der Waals surface area contributed by atoms with E-state index in [0.717, 1.165) is 3.57 Å². The van der Waals surface area contributed by atoms with Gasteiger partial charge in [-0.25, -0.2) is 0 Å². The zero-order chi connectivity index (χ0) is 12.6. The van der Waals surface area contributed by atoms with Crippen molar-refractivity contribution in [3.8, 4) is 0 Å². The maximum atomic E-state index is 11.8. The van der Waals surface area contributed by atoms with Gasteiger partial charge in [-0.1, -0.05) is 11.6 Å². The van der Waals surface area contributed by atoms with Crippen LogP contribution in [0.1, 0.15) is 6.42 Å². The van der Waals surface area contributed by atoms with Gasteiger partial charge in [0.25, 0.3) is 0 Å². The molecular formula is C11H10ClIN2O2. The van der Waals surface area contributed by atoms with Crippen LogP contribution in [0.3, 0.4) is 0 Å². The number of carbonyl (C=O) groups is 2. The van der Waals surface area contributed by atoms with Gasteiger partial charge in [-0.15, -0.1) is 0 Å². The third-order valence-corrected chi connectivity index (χ3v) is 4.31. The van der Waals surface area contributed by atoms with E-state index in [1.807, 2.05) is 12.1 Å². The summed E-state index contributed by atoms with van der Waals surface area (Å²) in [4.78, 5) is 24.4. The Bertz CT molecular complexity index is 492. The van der Waals surface area contributed by atoms with E-state index in [1.165, 1.54) is 0 Å². The number of halogens is 2. The number of hydrogen-bond donors (Lipinski definition) is 1. The average Bonchev–Trinajstić information content (AvgIpc) is 2.65. The van der Waals surface area contributed by atoms with Gasteiger partial charge in [0.15, 0.2) is 0 Å². The van der Waals surface area contributed by atoms with E-state index in [4.69, 9.17) is 17.3 Å². The number of primary amides is 1. The standard InChI is InChI=1S/C11H10ClIN2O2/c12-8-4-7(1-2-9(8)13)15-5-6(11(14)17)3-10(15)16/h1-2,4,6H,3,5H2,(H2,14,17). The van der Waals surface area contributed by atoms with Crippen LogP contribution in [-0.2, 0) is 9.59 Å². The number of nitrogens with two attached hydrogens (primary N) is 1. The van der Waals surface area contributed by atoms with E-state index in [1.54, 1.807) is 11.0 Å². The predicted molar refractivity (Wildman–Crippen MR) is 73.8 cm³/mol. The smallest absolute Gasteiger partial charge is 0.227 e. The van der Waals surface area contributed by atoms with Crippen LogP contribution in [0.25, 0.3) is 0 Å². The summed E-state index contributed by atoms with van der Waals surface area (Å²) in [6, 6.07) is 5.38. The van der Waals surface area contributed by atoms with Crippen molar-refractivity contribution in [2.24, 2.45) is 11.7 Å². The topological polar surface area (TPSA) is 63.4 Å². The second-order valence-electron chi connectivity index (χ2n) is 3.91. The minimum Gasteiger partial charge on any atom is -0.369 e. The first-order valence-electron chi connectivity index (χ1n) is 5.04. The Morgan fingerprint density at radius 1 is 1.53 bits per heavy atom. The molecule has 1 aromatic rings. The summed E-state index contributed by atoms with van der Waals surface area (Å²) in [5, 5.41) is 0.596. The minimum atomic E-state index is -0.433. The maximum absolute atomic E-state index is 11.8. The molecular weight excluding hydrogens is 354 g/mol. The van der Waals surface area contributed by atoms with E-state index < -0.39 is 11.8 Å². The zero-order valence-electron chi connectivity index (χ0n) is 8.82. The SMILES string of the molecule is NC(=O)C1CC(=O)N(c2ccc(I)c(Cl)c2)C1. The quantitative estimate of drug-likeness (QED) is 0.813. The molecule has 0 radical (unpaired) electrons. The Morgan fingerprint density at radius 3 is 2.76 bits per heavy atom. The minimum absolute atomic E-state index is 0.0916. The van der Waals surface area contributed by atoms with Crippen molar-refractivity contribution in [3.05, 3.63) is 26.8 Å². The van der Waals surface area contributed by atoms with Gasteiger partial charge >= 0.3 is 0 Å². The lowest BCUT2D eigenvalue weighted by atomic mass is 10.1. The predicted octanol–water partition coefficient (Wildman–Crippen LogP) is 1.78. The van der Waals surface area contributed by atoms with E-state index >= 15 is 0 Å². The largest absolute Gasteiger partial charge is 0.369 e. The Morgan fingerprint density at radius 2 is 2.24 bits per heavy atom. The van der Waals surface area contributed by atoms with Crippen molar-refractivity contribution in [2.75, 3.05) is 11.4 Å². The van der Waals surface area contributed by atoms with Crippen LogP contribution in [0.2, 0.25) is 5.02 Å². The fourth-order valence-corrected chi connectivity index (χ4v) is 2.31. The zero-order valence-corrected chi connectivity index (χ0v) is 11.7. The van der Waals surface area contributed by atoms with Crippen molar-refractivity contribution >= 4 is 51.7 Å². The van der Waals surface area contributed by atoms with Crippen LogP contribution in [0.4, 0.5) is 5.69 Å². The Kier molecular flexibility index (Phi) is 3.58. The molecule has 1 atom stereocenters. The highest BCUT2D eigenvalue weighted by atomic mass is 127. The van der Waals surface area contributed by atoms with Crippen LogP contribution >= 0.6 is 34.2 Å². The molecule has 6 heteroatoms. The summed E-state index contributed by atoms with van der Waals surface area (Å²) in [6.07, 6.45) is 0.180. The van der Waals surface area contributed by atoms with Crippen molar-refractivity contribution in [1.82, 2.24) is 0 Å². The molecule has 0 aromatic heterocycles. The van der Waals surface area contributed by atoms with Gasteiger partial charge in [0, 0.05) is 22.2 Å². The molecule has 1 aliphatic rings. The van der Waals surface area contributed by atoms with Crippen LogP contribution in [0, 0.1) is 9.49 Å². The highest BCUT2D eigenvalue weighted by molar-refractivity contribution is 14.1. The molecule has 1 saturated heterocycles. The van der Waals surface area contributed by atoms with E-state index in [0.29, 0.717) is 17.3 Å². The van der Waals surface area contributed by atoms with E-state index in [-0.39, 0.29) is 12.3 Å². The van der Waals surface area contributed by atoms with E-state index in [9.17, 15) is 9.59 Å². The maximum Gasteiger partial charge on any atom is 0.227 e. The summed E-state index contributed by atoms with van der Waals surface area (Å²) < 4.78 is 0.922. The van der Waals surface area contributed by atoms with Crippen LogP contribution < -0.4 is 10.6 Å². The fourth-order valence-electron chi connectivity index (χ4n) is 1.80. The molecule has 1 unspecified atom stereocenters. The van der Waals surface area contributed by atoms with Crippen LogP contribution in [0.15, 0.2) is 18.2 Å². The third kappa shape index (κ3) is 2.55. The van der Waals surface area contributed by atoms with Gasteiger partial charge in [-0.3, -0.25) is 9.59 Å². The van der Waals surface area contributed by atoms with Gasteiger partial charge in [0.05, 0.1) is 10.9 Å². The number of carbonyl (C=O) groups excluding carboxylic acids is 2. The molecule has 0 aliphatic carbocycles. The monoisotopic (exact) mass is 364 g/mol. The Hall–Kier alpha value is -0.820. The summed E-state index contributed by atoms with van der Waals surface area (Å²) in [6.45, 7) is 0.338. The summed E-state index contributed by atoms with van der Waals surface area (Å²) >= 11 is 8.12. The Balaban J connectivity index is 2.26. The normalized spacial score (nSPS) is 19.8. The lowest BCUT2D eigenvalue weighted by Crippen LogP contribution is -2.28. The highest BCUT2D eigenvalue weighted by Crippen LogP contribution is 2.29. The summed E-state index contributed by atoms with van der Waals surface area (Å²) in [5.74, 6) is -0.927. The molecule has 0 saturated carbocycles. The van der Waals surface area contributed by atoms with Crippen molar-refractivity contribution in [2.45, 2.75) is 6.42 Å². The summed E-state index contributed by atoms with van der Waals surface area (Å²) in [7, 11) is 0. The number of nitrogens with zero attached hydrogens (tertiary/aromatic N) is 1. The van der Waals surface area contributed by atoms with Gasteiger partial charge in [-0.2, -0.15) is 0 Å². The number of hydrogen-bond acceptors (Lipinski definition) is 2. The second-order valence-corrected chi connectivity index (χ2v) is 5.48. The summed E-state index contributed by atoms with van der Waals surface area (Å²) in [5.41, 5.74) is 5.92. The van der Waals surface area contributed by atoms with Gasteiger partial charge in [0.2, 0.25) is 11.8 Å². The molecule has 0 spiro atoms. The molecule has 90 valence electrons. The molecule has 2 rings (SSSR count). The van der Waals surface area contributed by atoms with Crippen molar-refractivity contribution in [3.63, 3.8) is 0 Å². The molecule has 4 nitrogen and oxygen atoms in total. The first-order chi connectivity index (χ1) is 7.99. The van der Waals surface area contributed by atoms with Crippen molar-refractivity contribution < 1.29 is 9.59 Å². The van der Waals surface area contributed by atoms with Crippen molar-refractivity contribution in [1.29, 1.82) is 0 Å². The number of benzene rings is 1. The van der Waals surface area contributed by atoms with Crippen LogP contribution in [-0.4, -0.2) is 18.4 Å².